The summed E-state index contributed by atoms with van der Waals surface area (Å²) in [5, 5.41) is 5.64. The van der Waals surface area contributed by atoms with E-state index in [0.29, 0.717) is 23.4 Å². The van der Waals surface area contributed by atoms with Crippen molar-refractivity contribution in [2.45, 2.75) is 38.2 Å². The second kappa shape index (κ2) is 9.82. The number of para-hydroxylation sites is 2. The summed E-state index contributed by atoms with van der Waals surface area (Å²) in [6.45, 7) is 0.489. The van der Waals surface area contributed by atoms with Crippen molar-refractivity contribution in [3.63, 3.8) is 0 Å². The van der Waals surface area contributed by atoms with E-state index in [1.807, 2.05) is 0 Å². The lowest BCUT2D eigenvalue weighted by molar-refractivity contribution is -0.275. The van der Waals surface area contributed by atoms with Crippen molar-refractivity contribution in [3.05, 3.63) is 59.7 Å². The summed E-state index contributed by atoms with van der Waals surface area (Å²) in [6.07, 6.45) is -2.74. The van der Waals surface area contributed by atoms with Gasteiger partial charge in [-0.15, -0.1) is 13.2 Å². The largest absolute Gasteiger partial charge is 0.573 e. The fourth-order valence-electron chi connectivity index (χ4n) is 3.01. The van der Waals surface area contributed by atoms with Crippen LogP contribution in [-0.4, -0.2) is 42.7 Å². The van der Waals surface area contributed by atoms with E-state index in [-0.39, 0.29) is 36.6 Å². The zero-order valence-electron chi connectivity index (χ0n) is 17.0. The molecule has 0 atom stereocenters. The molecule has 0 radical (unpaired) electrons. The average molecular weight is 435 g/mol. The Morgan fingerprint density at radius 2 is 1.77 bits per heavy atom. The minimum absolute atomic E-state index is 0.109. The maximum atomic E-state index is 12.6. The predicted octanol–water partition coefficient (Wildman–Crippen LogP) is 3.94. The van der Waals surface area contributed by atoms with Gasteiger partial charge in [0.05, 0.1) is 11.3 Å². The quantitative estimate of drug-likeness (QED) is 0.626. The number of amides is 2. The Morgan fingerprint density at radius 3 is 2.48 bits per heavy atom. The first kappa shape index (κ1) is 22.6. The van der Waals surface area contributed by atoms with E-state index >= 15 is 0 Å². The van der Waals surface area contributed by atoms with E-state index in [9.17, 15) is 22.8 Å². The third-order valence-electron chi connectivity index (χ3n) is 4.72. The van der Waals surface area contributed by atoms with Crippen molar-refractivity contribution in [1.82, 2.24) is 10.2 Å². The maximum Gasteiger partial charge on any atom is 0.573 e. The lowest BCUT2D eigenvalue weighted by atomic mass is 10.1. The zero-order valence-corrected chi connectivity index (χ0v) is 17.0. The summed E-state index contributed by atoms with van der Waals surface area (Å²) in [4.78, 5) is 26.5. The normalized spacial score (nSPS) is 13.7. The number of rotatable bonds is 9. The van der Waals surface area contributed by atoms with Crippen molar-refractivity contribution in [2.24, 2.45) is 0 Å². The molecule has 1 saturated carbocycles. The molecule has 9 heteroatoms. The second-order valence-electron chi connectivity index (χ2n) is 7.48. The molecular formula is C22H24F3N3O3. The second-order valence-corrected chi connectivity index (χ2v) is 7.48. The molecule has 6 nitrogen and oxygen atoms in total. The average Bonchev–Trinajstić information content (AvgIpc) is 3.51. The molecule has 2 N–H and O–H groups in total. The summed E-state index contributed by atoms with van der Waals surface area (Å²) in [5.74, 6) is -0.781. The molecule has 0 spiro atoms. The van der Waals surface area contributed by atoms with Crippen LogP contribution in [0.2, 0.25) is 0 Å². The molecule has 2 aromatic rings. The van der Waals surface area contributed by atoms with Gasteiger partial charge in [0.15, 0.2) is 0 Å². The first-order chi connectivity index (χ1) is 14.7. The van der Waals surface area contributed by atoms with Crippen LogP contribution in [0.3, 0.4) is 0 Å². The van der Waals surface area contributed by atoms with Gasteiger partial charge < -0.3 is 20.3 Å². The smallest absolute Gasteiger partial charge is 0.405 e. The van der Waals surface area contributed by atoms with E-state index in [4.69, 9.17) is 0 Å². The molecule has 0 unspecified atom stereocenters. The third kappa shape index (κ3) is 7.29. The first-order valence-electron chi connectivity index (χ1n) is 9.93. The van der Waals surface area contributed by atoms with Crippen LogP contribution in [0.4, 0.5) is 18.9 Å². The van der Waals surface area contributed by atoms with Crippen molar-refractivity contribution in [1.29, 1.82) is 0 Å². The monoisotopic (exact) mass is 435 g/mol. The number of ether oxygens (including phenoxy) is 1. The highest BCUT2D eigenvalue weighted by molar-refractivity contribution is 6.03. The first-order valence-corrected chi connectivity index (χ1v) is 9.93. The number of benzene rings is 2. The molecule has 31 heavy (non-hydrogen) atoms. The van der Waals surface area contributed by atoms with Gasteiger partial charge >= 0.3 is 6.36 Å². The van der Waals surface area contributed by atoms with Gasteiger partial charge in [0.1, 0.15) is 5.75 Å². The summed E-state index contributed by atoms with van der Waals surface area (Å²) in [5.41, 5.74) is 1.19. The summed E-state index contributed by atoms with van der Waals surface area (Å²) < 4.78 is 41.8. The number of hydrogen-bond acceptors (Lipinski definition) is 4. The van der Waals surface area contributed by atoms with Gasteiger partial charge in [-0.1, -0.05) is 30.3 Å². The molecule has 2 aromatic carbocycles. The van der Waals surface area contributed by atoms with Gasteiger partial charge in [-0.05, 0) is 38.1 Å². The van der Waals surface area contributed by atoms with Crippen molar-refractivity contribution in [2.75, 3.05) is 18.9 Å². The lowest BCUT2D eigenvalue weighted by Gasteiger charge is -2.19. The van der Waals surface area contributed by atoms with Gasteiger partial charge in [0, 0.05) is 31.1 Å². The third-order valence-corrected chi connectivity index (χ3v) is 4.72. The van der Waals surface area contributed by atoms with Crippen LogP contribution in [0.5, 0.6) is 5.75 Å². The van der Waals surface area contributed by atoms with Gasteiger partial charge in [-0.3, -0.25) is 9.59 Å². The highest BCUT2D eigenvalue weighted by Gasteiger charge is 2.32. The standard InChI is InChI=1S/C22H24F3N3O3/c1-28(14-15-6-2-5-9-19(15)31-22(23,24)25)13-12-20(29)27-18-8-4-3-7-17(18)21(30)26-16-10-11-16/h2-9,16H,10-14H2,1H3,(H,26,30)(H,27,29). The number of hydrogen-bond donors (Lipinski definition) is 2. The number of carbonyl (C=O) groups excluding carboxylic acids is 2. The minimum atomic E-state index is -4.77. The Hall–Kier alpha value is -3.07. The Balaban J connectivity index is 1.53. The van der Waals surface area contributed by atoms with Crippen molar-refractivity contribution >= 4 is 17.5 Å². The molecule has 2 amide bonds. The lowest BCUT2D eigenvalue weighted by Crippen LogP contribution is -2.28. The molecule has 0 aromatic heterocycles. The molecule has 1 aliphatic rings. The SMILES string of the molecule is CN(CCC(=O)Nc1ccccc1C(=O)NC1CC1)Cc1ccccc1OC(F)(F)F. The summed E-state index contributed by atoms with van der Waals surface area (Å²) in [7, 11) is 1.70. The molecule has 0 heterocycles. The molecule has 0 aliphatic heterocycles. The number of nitrogens with one attached hydrogen (secondary N) is 2. The number of halogens is 3. The van der Waals surface area contributed by atoms with E-state index in [1.54, 1.807) is 48.3 Å². The summed E-state index contributed by atoms with van der Waals surface area (Å²) in [6, 6.07) is 12.9. The predicted molar refractivity (Wildman–Crippen MR) is 110 cm³/mol. The number of nitrogens with zero attached hydrogens (tertiary/aromatic N) is 1. The summed E-state index contributed by atoms with van der Waals surface area (Å²) >= 11 is 0. The van der Waals surface area contributed by atoms with Crippen LogP contribution in [0, 0.1) is 0 Å². The fraction of sp³-hybridized carbons (Fsp3) is 0.364. The van der Waals surface area contributed by atoms with E-state index in [1.165, 1.54) is 12.1 Å². The van der Waals surface area contributed by atoms with Crippen molar-refractivity contribution in [3.8, 4) is 5.75 Å². The van der Waals surface area contributed by atoms with Crippen LogP contribution in [0.25, 0.3) is 0 Å². The van der Waals surface area contributed by atoms with Gasteiger partial charge in [-0.25, -0.2) is 0 Å². The molecule has 166 valence electrons. The van der Waals surface area contributed by atoms with Crippen LogP contribution in [0.15, 0.2) is 48.5 Å². The van der Waals surface area contributed by atoms with Crippen molar-refractivity contribution < 1.29 is 27.5 Å². The zero-order chi connectivity index (χ0) is 22.4. The topological polar surface area (TPSA) is 70.7 Å². The Bertz CT molecular complexity index is 929. The Kier molecular flexibility index (Phi) is 7.17. The number of alkyl halides is 3. The minimum Gasteiger partial charge on any atom is -0.405 e. The number of anilines is 1. The van der Waals surface area contributed by atoms with Gasteiger partial charge in [0.2, 0.25) is 5.91 Å². The van der Waals surface area contributed by atoms with Crippen LogP contribution in [-0.2, 0) is 11.3 Å². The van der Waals surface area contributed by atoms with Gasteiger partial charge in [-0.2, -0.15) is 0 Å². The Labute approximate surface area is 178 Å². The highest BCUT2D eigenvalue weighted by atomic mass is 19.4. The van der Waals surface area contributed by atoms with Crippen LogP contribution >= 0.6 is 0 Å². The molecule has 0 bridgehead atoms. The van der Waals surface area contributed by atoms with E-state index in [0.717, 1.165) is 12.8 Å². The maximum absolute atomic E-state index is 12.6. The van der Waals surface area contributed by atoms with Gasteiger partial charge in [0.25, 0.3) is 5.91 Å². The molecule has 3 rings (SSSR count). The molecular weight excluding hydrogens is 411 g/mol. The van der Waals surface area contributed by atoms with E-state index < -0.39 is 6.36 Å². The van der Waals surface area contributed by atoms with Crippen LogP contribution in [0.1, 0.15) is 35.2 Å². The fourth-order valence-corrected chi connectivity index (χ4v) is 3.01. The highest BCUT2D eigenvalue weighted by Crippen LogP contribution is 2.27. The van der Waals surface area contributed by atoms with E-state index in [2.05, 4.69) is 15.4 Å². The Morgan fingerprint density at radius 1 is 1.10 bits per heavy atom. The number of carbonyl (C=O) groups is 2. The molecule has 1 aliphatic carbocycles. The molecule has 1 fully saturated rings. The van der Waals surface area contributed by atoms with Crippen LogP contribution < -0.4 is 15.4 Å². The molecule has 0 saturated heterocycles.